The van der Waals surface area contributed by atoms with Gasteiger partial charge in [0.2, 0.25) is 0 Å². The fourth-order valence-corrected chi connectivity index (χ4v) is 0.916. The summed E-state index contributed by atoms with van der Waals surface area (Å²) < 4.78 is 0. The molecule has 0 amide bonds. The smallest absolute Gasteiger partial charge is 0.112 e. The Morgan fingerprint density at radius 2 is 1.82 bits per heavy atom. The van der Waals surface area contributed by atoms with Crippen molar-refractivity contribution < 1.29 is 0 Å². The Balaban J connectivity index is 2.52. The fourth-order valence-electron chi connectivity index (χ4n) is 0.916. The van der Waals surface area contributed by atoms with E-state index >= 15 is 0 Å². The predicted molar refractivity (Wildman–Crippen MR) is 43.6 cm³/mol. The van der Waals surface area contributed by atoms with E-state index in [1.165, 1.54) is 0 Å². The van der Waals surface area contributed by atoms with Gasteiger partial charge in [-0.15, -0.1) is 5.10 Å². The van der Waals surface area contributed by atoms with Crippen molar-refractivity contribution in [3.63, 3.8) is 0 Å². The topological polar surface area (TPSA) is 41.6 Å². The molecule has 54 valence electrons. The number of nitrogens with one attached hydrogen (secondary N) is 1. The molecule has 0 aromatic carbocycles. The minimum absolute atomic E-state index is 0.880. The molecule has 1 aliphatic rings. The number of rotatable bonds is 0. The molecule has 0 saturated carbocycles. The molecule has 0 fully saturated rings. The van der Waals surface area contributed by atoms with Gasteiger partial charge >= 0.3 is 0 Å². The lowest BCUT2D eigenvalue weighted by molar-refractivity contribution is 0.934. The van der Waals surface area contributed by atoms with Crippen LogP contribution in [0.2, 0.25) is 0 Å². The highest BCUT2D eigenvalue weighted by atomic mass is 15.3. The summed E-state index contributed by atoms with van der Waals surface area (Å²) in [5, 5.41) is 10.4. The van der Waals surface area contributed by atoms with Gasteiger partial charge in [0.25, 0.3) is 0 Å². The number of aromatic nitrogens is 3. The third-order valence-corrected chi connectivity index (χ3v) is 1.45. The molecule has 0 saturated heterocycles. The first-order valence-corrected chi connectivity index (χ1v) is 3.39. The van der Waals surface area contributed by atoms with Gasteiger partial charge in [-0.3, -0.25) is 5.10 Å². The predicted octanol–water partition coefficient (Wildman–Crippen LogP) is 1.40. The second-order valence-corrected chi connectivity index (χ2v) is 2.21. The summed E-state index contributed by atoms with van der Waals surface area (Å²) in [7, 11) is 0. The van der Waals surface area contributed by atoms with Crippen LogP contribution >= 0.6 is 0 Å². The molecular formula is C8H7N3. The second-order valence-electron chi connectivity index (χ2n) is 2.21. The van der Waals surface area contributed by atoms with E-state index in [4.69, 9.17) is 0 Å². The first-order chi connectivity index (χ1) is 5.47. The average molecular weight is 145 g/mol. The molecule has 0 spiro atoms. The largest absolute Gasteiger partial charge is 0.258 e. The number of nitrogens with zero attached hydrogens (tertiary/aromatic N) is 2. The Bertz CT molecular complexity index is 300. The molecule has 0 bridgehead atoms. The Labute approximate surface area is 64.1 Å². The van der Waals surface area contributed by atoms with Gasteiger partial charge in [-0.05, 0) is 12.2 Å². The van der Waals surface area contributed by atoms with Crippen molar-refractivity contribution in [1.29, 1.82) is 0 Å². The van der Waals surface area contributed by atoms with E-state index in [1.54, 1.807) is 0 Å². The fraction of sp³-hybridized carbons (Fsp3) is 0. The number of aromatic amines is 1. The molecule has 0 unspecified atom stereocenters. The van der Waals surface area contributed by atoms with Gasteiger partial charge in [0.05, 0.1) is 5.69 Å². The van der Waals surface area contributed by atoms with Crippen molar-refractivity contribution in [2.75, 3.05) is 0 Å². The molecule has 1 aromatic heterocycles. The lowest BCUT2D eigenvalue weighted by atomic mass is 10.2. The van der Waals surface area contributed by atoms with Crippen LogP contribution in [0.25, 0.3) is 12.2 Å². The minimum Gasteiger partial charge on any atom is -0.258 e. The van der Waals surface area contributed by atoms with Crippen LogP contribution in [0.5, 0.6) is 0 Å². The van der Waals surface area contributed by atoms with Gasteiger partial charge in [-0.1, -0.05) is 29.5 Å². The third kappa shape index (κ3) is 1.12. The van der Waals surface area contributed by atoms with Gasteiger partial charge in [0.15, 0.2) is 0 Å². The lowest BCUT2D eigenvalue weighted by Gasteiger charge is -1.88. The van der Waals surface area contributed by atoms with Gasteiger partial charge in [-0.2, -0.15) is 0 Å². The zero-order valence-electron chi connectivity index (χ0n) is 5.86. The summed E-state index contributed by atoms with van der Waals surface area (Å²) in [6.45, 7) is 0. The summed E-state index contributed by atoms with van der Waals surface area (Å²) in [5.74, 6) is 0. The van der Waals surface area contributed by atoms with Gasteiger partial charge in [0, 0.05) is 0 Å². The first kappa shape index (κ1) is 6.09. The second kappa shape index (κ2) is 2.54. The van der Waals surface area contributed by atoms with Crippen molar-refractivity contribution >= 4 is 12.2 Å². The molecule has 2 rings (SSSR count). The molecule has 0 radical (unpaired) electrons. The van der Waals surface area contributed by atoms with E-state index in [9.17, 15) is 0 Å². The van der Waals surface area contributed by atoms with Gasteiger partial charge < -0.3 is 0 Å². The average Bonchev–Trinajstić information content (AvgIpc) is 2.35. The number of hydrogen-bond donors (Lipinski definition) is 1. The van der Waals surface area contributed by atoms with Crippen molar-refractivity contribution in [2.24, 2.45) is 0 Å². The third-order valence-electron chi connectivity index (χ3n) is 1.45. The van der Waals surface area contributed by atoms with Crippen LogP contribution in [0.1, 0.15) is 11.4 Å². The number of hydrogen-bond acceptors (Lipinski definition) is 2. The summed E-state index contributed by atoms with van der Waals surface area (Å²) in [5.41, 5.74) is 1.83. The molecule has 1 aliphatic carbocycles. The molecular weight excluding hydrogens is 138 g/mol. The van der Waals surface area contributed by atoms with Crippen LogP contribution in [-0.4, -0.2) is 15.4 Å². The minimum atomic E-state index is 0.880. The molecule has 1 heterocycles. The van der Waals surface area contributed by atoms with E-state index in [0.29, 0.717) is 0 Å². The van der Waals surface area contributed by atoms with E-state index in [-0.39, 0.29) is 0 Å². The quantitative estimate of drug-likeness (QED) is 0.599. The Hall–Kier alpha value is -1.64. The maximum absolute atomic E-state index is 3.88. The SMILES string of the molecule is C1=CC=Cc2[nH]nnc2C=C1. The number of H-pyrrole nitrogens is 1. The zero-order valence-corrected chi connectivity index (χ0v) is 5.86. The molecule has 1 N–H and O–H groups in total. The van der Waals surface area contributed by atoms with Crippen molar-refractivity contribution in [3.05, 3.63) is 35.7 Å². The van der Waals surface area contributed by atoms with Gasteiger partial charge in [0.1, 0.15) is 5.69 Å². The molecule has 1 aromatic rings. The van der Waals surface area contributed by atoms with Crippen molar-refractivity contribution in [3.8, 4) is 0 Å². The van der Waals surface area contributed by atoms with E-state index in [2.05, 4.69) is 15.4 Å². The van der Waals surface area contributed by atoms with E-state index < -0.39 is 0 Å². The molecule has 11 heavy (non-hydrogen) atoms. The summed E-state index contributed by atoms with van der Waals surface area (Å²) in [4.78, 5) is 0. The van der Waals surface area contributed by atoms with Crippen LogP contribution in [0.4, 0.5) is 0 Å². The van der Waals surface area contributed by atoms with Gasteiger partial charge in [-0.25, -0.2) is 0 Å². The van der Waals surface area contributed by atoms with Crippen LogP contribution in [0.15, 0.2) is 24.3 Å². The molecule has 0 atom stereocenters. The number of allylic oxidation sites excluding steroid dienone is 4. The highest BCUT2D eigenvalue weighted by molar-refractivity contribution is 5.61. The summed E-state index contributed by atoms with van der Waals surface area (Å²) in [6, 6.07) is 0. The lowest BCUT2D eigenvalue weighted by Crippen LogP contribution is -1.77. The standard InChI is InChI=1S/C8H7N3/c1-2-4-6-8-7(5-3-1)9-11-10-8/h1-6H,(H,9,10,11). The van der Waals surface area contributed by atoms with E-state index in [0.717, 1.165) is 11.4 Å². The van der Waals surface area contributed by atoms with Crippen LogP contribution in [0.3, 0.4) is 0 Å². The van der Waals surface area contributed by atoms with Crippen LogP contribution < -0.4 is 0 Å². The highest BCUT2D eigenvalue weighted by Gasteiger charge is 1.98. The number of fused-ring (bicyclic) bond motifs is 1. The Morgan fingerprint density at radius 1 is 1.00 bits per heavy atom. The summed E-state index contributed by atoms with van der Waals surface area (Å²) >= 11 is 0. The Kier molecular flexibility index (Phi) is 1.41. The van der Waals surface area contributed by atoms with Crippen molar-refractivity contribution in [1.82, 2.24) is 15.4 Å². The maximum Gasteiger partial charge on any atom is 0.112 e. The molecule has 0 aliphatic heterocycles. The molecule has 3 heteroatoms. The van der Waals surface area contributed by atoms with Crippen LogP contribution in [-0.2, 0) is 0 Å². The first-order valence-electron chi connectivity index (χ1n) is 3.39. The van der Waals surface area contributed by atoms with E-state index in [1.807, 2.05) is 36.5 Å². The summed E-state index contributed by atoms with van der Waals surface area (Å²) in [6.07, 6.45) is 11.6. The normalized spacial score (nSPS) is 14.2. The molecule has 3 nitrogen and oxygen atoms in total. The zero-order chi connectivity index (χ0) is 7.52. The van der Waals surface area contributed by atoms with Crippen molar-refractivity contribution in [2.45, 2.75) is 0 Å². The maximum atomic E-state index is 3.88. The van der Waals surface area contributed by atoms with Crippen LogP contribution in [0, 0.1) is 0 Å². The Morgan fingerprint density at radius 3 is 2.73 bits per heavy atom. The highest BCUT2D eigenvalue weighted by Crippen LogP contribution is 2.07. The monoisotopic (exact) mass is 145 g/mol.